The third-order valence-corrected chi connectivity index (χ3v) is 3.87. The molecule has 0 heterocycles. The Morgan fingerprint density at radius 1 is 1.26 bits per heavy atom. The Hall–Kier alpha value is -1.35. The van der Waals surface area contributed by atoms with Gasteiger partial charge in [-0.3, -0.25) is 4.79 Å². The van der Waals surface area contributed by atoms with Crippen LogP contribution in [0.3, 0.4) is 0 Å². The summed E-state index contributed by atoms with van der Waals surface area (Å²) in [5.41, 5.74) is 7.83. The van der Waals surface area contributed by atoms with E-state index in [2.05, 4.69) is 26.1 Å². The summed E-state index contributed by atoms with van der Waals surface area (Å²) in [6.45, 7) is 6.38. The number of rotatable bonds is 2. The molecule has 0 bridgehead atoms. The number of benzene rings is 1. The molecule has 0 saturated heterocycles. The standard InChI is InChI=1S/C16H24N2O/c1-16(2,3)12-8-5-4-7-11(12)15(19)18-14-10-6-9-13(14)17/h4-5,7-8,13-14H,6,9-10,17H2,1-3H3,(H,18,19). The quantitative estimate of drug-likeness (QED) is 0.858. The van der Waals surface area contributed by atoms with Gasteiger partial charge in [-0.25, -0.2) is 0 Å². The van der Waals surface area contributed by atoms with E-state index >= 15 is 0 Å². The van der Waals surface area contributed by atoms with E-state index in [1.54, 1.807) is 0 Å². The van der Waals surface area contributed by atoms with E-state index in [1.807, 2.05) is 24.3 Å². The monoisotopic (exact) mass is 260 g/mol. The molecular formula is C16H24N2O. The van der Waals surface area contributed by atoms with Gasteiger partial charge in [0.25, 0.3) is 5.91 Å². The average Bonchev–Trinajstić information content (AvgIpc) is 2.74. The summed E-state index contributed by atoms with van der Waals surface area (Å²) in [6, 6.07) is 8.06. The van der Waals surface area contributed by atoms with Crippen molar-refractivity contribution in [2.24, 2.45) is 5.73 Å². The molecule has 1 aliphatic carbocycles. The third-order valence-electron chi connectivity index (χ3n) is 3.87. The minimum absolute atomic E-state index is 0.00729. The van der Waals surface area contributed by atoms with Crippen LogP contribution in [0, 0.1) is 0 Å². The van der Waals surface area contributed by atoms with E-state index in [0.717, 1.165) is 30.4 Å². The molecule has 0 spiro atoms. The lowest BCUT2D eigenvalue weighted by atomic mass is 9.83. The molecule has 2 rings (SSSR count). The molecule has 2 unspecified atom stereocenters. The van der Waals surface area contributed by atoms with Gasteiger partial charge in [0.05, 0.1) is 0 Å². The summed E-state index contributed by atoms with van der Waals surface area (Å²) in [4.78, 5) is 12.4. The maximum Gasteiger partial charge on any atom is 0.251 e. The van der Waals surface area contributed by atoms with Crippen LogP contribution >= 0.6 is 0 Å². The maximum absolute atomic E-state index is 12.4. The van der Waals surface area contributed by atoms with Gasteiger partial charge in [0.15, 0.2) is 0 Å². The molecule has 1 aromatic carbocycles. The highest BCUT2D eigenvalue weighted by Gasteiger charge is 2.27. The van der Waals surface area contributed by atoms with Crippen molar-refractivity contribution >= 4 is 5.91 Å². The lowest BCUT2D eigenvalue weighted by Crippen LogP contribution is -2.44. The molecule has 1 aliphatic rings. The second-order valence-electron chi connectivity index (χ2n) is 6.47. The van der Waals surface area contributed by atoms with Crippen LogP contribution in [-0.4, -0.2) is 18.0 Å². The Kier molecular flexibility index (Phi) is 3.95. The van der Waals surface area contributed by atoms with Gasteiger partial charge in [-0.05, 0) is 36.3 Å². The van der Waals surface area contributed by atoms with Gasteiger partial charge in [-0.15, -0.1) is 0 Å². The summed E-state index contributed by atoms with van der Waals surface area (Å²) >= 11 is 0. The summed E-state index contributed by atoms with van der Waals surface area (Å²) in [6.07, 6.45) is 3.10. The predicted molar refractivity (Wildman–Crippen MR) is 78.2 cm³/mol. The third kappa shape index (κ3) is 3.16. The molecular weight excluding hydrogens is 236 g/mol. The molecule has 3 nitrogen and oxygen atoms in total. The Morgan fingerprint density at radius 3 is 2.53 bits per heavy atom. The lowest BCUT2D eigenvalue weighted by Gasteiger charge is -2.24. The predicted octanol–water partition coefficient (Wildman–Crippen LogP) is 2.59. The van der Waals surface area contributed by atoms with Crippen LogP contribution in [0.5, 0.6) is 0 Å². The van der Waals surface area contributed by atoms with Gasteiger partial charge < -0.3 is 11.1 Å². The smallest absolute Gasteiger partial charge is 0.251 e. The van der Waals surface area contributed by atoms with Gasteiger partial charge in [0.2, 0.25) is 0 Å². The number of carbonyl (C=O) groups excluding carboxylic acids is 1. The molecule has 1 fully saturated rings. The van der Waals surface area contributed by atoms with Gasteiger partial charge in [-0.2, -0.15) is 0 Å². The van der Waals surface area contributed by atoms with Crippen molar-refractivity contribution in [3.63, 3.8) is 0 Å². The van der Waals surface area contributed by atoms with Crippen molar-refractivity contribution < 1.29 is 4.79 Å². The molecule has 104 valence electrons. The van der Waals surface area contributed by atoms with Crippen molar-refractivity contribution in [3.05, 3.63) is 35.4 Å². The van der Waals surface area contributed by atoms with Crippen LogP contribution in [0.1, 0.15) is 56.0 Å². The molecule has 2 atom stereocenters. The van der Waals surface area contributed by atoms with E-state index in [1.165, 1.54) is 0 Å². The number of hydrogen-bond acceptors (Lipinski definition) is 2. The van der Waals surface area contributed by atoms with E-state index in [-0.39, 0.29) is 23.4 Å². The zero-order valence-corrected chi connectivity index (χ0v) is 12.1. The maximum atomic E-state index is 12.4. The average molecular weight is 260 g/mol. The Morgan fingerprint density at radius 2 is 1.95 bits per heavy atom. The number of hydrogen-bond donors (Lipinski definition) is 2. The molecule has 1 aromatic rings. The lowest BCUT2D eigenvalue weighted by molar-refractivity contribution is 0.0932. The number of nitrogens with two attached hydrogens (primary N) is 1. The first kappa shape index (κ1) is 14.1. The normalized spacial score (nSPS) is 23.4. The summed E-state index contributed by atoms with van der Waals surface area (Å²) in [5.74, 6) is 0.00729. The van der Waals surface area contributed by atoms with Crippen LogP contribution in [0.4, 0.5) is 0 Å². The SMILES string of the molecule is CC(C)(C)c1ccccc1C(=O)NC1CCCC1N. The summed E-state index contributed by atoms with van der Waals surface area (Å²) in [7, 11) is 0. The first-order valence-electron chi connectivity index (χ1n) is 7.05. The van der Waals surface area contributed by atoms with Crippen LogP contribution < -0.4 is 11.1 Å². The topological polar surface area (TPSA) is 55.1 Å². The number of nitrogens with one attached hydrogen (secondary N) is 1. The molecule has 19 heavy (non-hydrogen) atoms. The van der Waals surface area contributed by atoms with E-state index in [4.69, 9.17) is 5.73 Å². The van der Waals surface area contributed by atoms with Crippen LogP contribution in [0.25, 0.3) is 0 Å². The van der Waals surface area contributed by atoms with Crippen LogP contribution in [0.2, 0.25) is 0 Å². The molecule has 3 heteroatoms. The fourth-order valence-corrected chi connectivity index (χ4v) is 2.75. The van der Waals surface area contributed by atoms with E-state index in [9.17, 15) is 4.79 Å². The first-order chi connectivity index (χ1) is 8.89. The van der Waals surface area contributed by atoms with Crippen molar-refractivity contribution in [1.29, 1.82) is 0 Å². The van der Waals surface area contributed by atoms with Gasteiger partial charge in [-0.1, -0.05) is 39.0 Å². The van der Waals surface area contributed by atoms with Crippen molar-refractivity contribution in [1.82, 2.24) is 5.32 Å². The highest BCUT2D eigenvalue weighted by atomic mass is 16.1. The largest absolute Gasteiger partial charge is 0.348 e. The number of carbonyl (C=O) groups is 1. The second kappa shape index (κ2) is 5.33. The molecule has 0 aromatic heterocycles. The van der Waals surface area contributed by atoms with Gasteiger partial charge in [0, 0.05) is 17.6 Å². The molecule has 1 amide bonds. The van der Waals surface area contributed by atoms with Gasteiger partial charge in [0.1, 0.15) is 0 Å². The second-order valence-corrected chi connectivity index (χ2v) is 6.47. The highest BCUT2D eigenvalue weighted by molar-refractivity contribution is 5.96. The van der Waals surface area contributed by atoms with E-state index < -0.39 is 0 Å². The minimum atomic E-state index is -0.0360. The molecule has 3 N–H and O–H groups in total. The van der Waals surface area contributed by atoms with E-state index in [0.29, 0.717) is 0 Å². The van der Waals surface area contributed by atoms with Crippen LogP contribution in [0.15, 0.2) is 24.3 Å². The Bertz CT molecular complexity index is 462. The fraction of sp³-hybridized carbons (Fsp3) is 0.562. The van der Waals surface area contributed by atoms with Crippen molar-refractivity contribution in [2.75, 3.05) is 0 Å². The molecule has 0 radical (unpaired) electrons. The highest BCUT2D eigenvalue weighted by Crippen LogP contribution is 2.26. The first-order valence-corrected chi connectivity index (χ1v) is 7.05. The minimum Gasteiger partial charge on any atom is -0.348 e. The zero-order valence-electron chi connectivity index (χ0n) is 12.1. The number of amides is 1. The zero-order chi connectivity index (χ0) is 14.0. The van der Waals surface area contributed by atoms with Crippen molar-refractivity contribution in [2.45, 2.75) is 57.5 Å². The Balaban J connectivity index is 2.20. The van der Waals surface area contributed by atoms with Gasteiger partial charge >= 0.3 is 0 Å². The van der Waals surface area contributed by atoms with Crippen molar-refractivity contribution in [3.8, 4) is 0 Å². The summed E-state index contributed by atoms with van der Waals surface area (Å²) in [5, 5.41) is 3.09. The Labute approximate surface area is 115 Å². The summed E-state index contributed by atoms with van der Waals surface area (Å²) < 4.78 is 0. The molecule has 0 aliphatic heterocycles. The fourth-order valence-electron chi connectivity index (χ4n) is 2.75. The van der Waals surface area contributed by atoms with Crippen LogP contribution in [-0.2, 0) is 5.41 Å². The molecule has 1 saturated carbocycles.